The molecule has 0 radical (unpaired) electrons. The van der Waals surface area contributed by atoms with Crippen LogP contribution < -0.4 is 5.32 Å². The van der Waals surface area contributed by atoms with E-state index in [0.29, 0.717) is 6.04 Å². The van der Waals surface area contributed by atoms with Crippen molar-refractivity contribution >= 4 is 17.0 Å². The van der Waals surface area contributed by atoms with Crippen LogP contribution in [0.25, 0.3) is 10.6 Å². The third kappa shape index (κ3) is 2.41. The Labute approximate surface area is 112 Å². The molecule has 94 valence electrons. The van der Waals surface area contributed by atoms with Crippen molar-refractivity contribution < 1.29 is 0 Å². The smallest absolute Gasteiger partial charge is 0.123 e. The molecule has 1 fully saturated rings. The van der Waals surface area contributed by atoms with Crippen molar-refractivity contribution in [3.05, 3.63) is 35.8 Å². The Morgan fingerprint density at radius 3 is 2.67 bits per heavy atom. The van der Waals surface area contributed by atoms with E-state index in [0.717, 1.165) is 10.9 Å². The zero-order valence-electron chi connectivity index (χ0n) is 10.6. The number of hydrogen-bond donors (Lipinski definition) is 1. The minimum Gasteiger partial charge on any atom is -0.382 e. The number of thiazole rings is 1. The second-order valence-electron chi connectivity index (χ2n) is 5.07. The third-order valence-corrected chi connectivity index (χ3v) is 4.60. The summed E-state index contributed by atoms with van der Waals surface area (Å²) in [6.07, 6.45) is 5.87. The minimum absolute atomic E-state index is 0.649. The van der Waals surface area contributed by atoms with E-state index < -0.39 is 0 Å². The highest BCUT2D eigenvalue weighted by Gasteiger charge is 2.22. The summed E-state index contributed by atoms with van der Waals surface area (Å²) in [4.78, 5) is 4.33. The van der Waals surface area contributed by atoms with Crippen molar-refractivity contribution in [2.75, 3.05) is 5.32 Å². The molecular formula is C15H18N2S. The first-order valence-electron chi connectivity index (χ1n) is 6.59. The topological polar surface area (TPSA) is 24.9 Å². The predicted octanol–water partition coefficient (Wildman–Crippen LogP) is 4.41. The average molecular weight is 258 g/mol. The fraction of sp³-hybridized carbons (Fsp3) is 0.400. The third-order valence-electron chi connectivity index (χ3n) is 3.78. The van der Waals surface area contributed by atoms with E-state index in [-0.39, 0.29) is 0 Å². The monoisotopic (exact) mass is 258 g/mol. The van der Waals surface area contributed by atoms with Gasteiger partial charge in [-0.25, -0.2) is 4.98 Å². The number of anilines is 1. The van der Waals surface area contributed by atoms with Gasteiger partial charge in [0.25, 0.3) is 0 Å². The van der Waals surface area contributed by atoms with Gasteiger partial charge < -0.3 is 5.32 Å². The van der Waals surface area contributed by atoms with Crippen LogP contribution in [0.5, 0.6) is 0 Å². The summed E-state index contributed by atoms with van der Waals surface area (Å²) >= 11 is 1.68. The van der Waals surface area contributed by atoms with Crippen molar-refractivity contribution in [2.45, 2.75) is 32.2 Å². The zero-order chi connectivity index (χ0) is 12.4. The molecular weight excluding hydrogens is 240 g/mol. The molecule has 1 heterocycles. The highest BCUT2D eigenvalue weighted by Crippen LogP contribution is 2.29. The van der Waals surface area contributed by atoms with Gasteiger partial charge in [0.1, 0.15) is 5.01 Å². The Bertz CT molecular complexity index is 490. The first kappa shape index (κ1) is 11.7. The molecule has 2 atom stereocenters. The lowest BCUT2D eigenvalue weighted by Gasteiger charge is -2.18. The first-order chi connectivity index (χ1) is 8.83. The van der Waals surface area contributed by atoms with Gasteiger partial charge in [0.05, 0.1) is 0 Å². The van der Waals surface area contributed by atoms with E-state index in [1.54, 1.807) is 11.3 Å². The van der Waals surface area contributed by atoms with Crippen LogP contribution in [-0.4, -0.2) is 11.0 Å². The highest BCUT2D eigenvalue weighted by atomic mass is 32.1. The Kier molecular flexibility index (Phi) is 3.33. The summed E-state index contributed by atoms with van der Waals surface area (Å²) < 4.78 is 0. The lowest BCUT2D eigenvalue weighted by molar-refractivity contribution is 0.556. The Hall–Kier alpha value is -1.35. The van der Waals surface area contributed by atoms with Crippen LogP contribution in [-0.2, 0) is 0 Å². The van der Waals surface area contributed by atoms with Gasteiger partial charge >= 0.3 is 0 Å². The van der Waals surface area contributed by atoms with E-state index in [2.05, 4.69) is 41.5 Å². The number of rotatable bonds is 3. The molecule has 3 rings (SSSR count). The fourth-order valence-electron chi connectivity index (χ4n) is 2.65. The molecule has 1 aromatic carbocycles. The Morgan fingerprint density at radius 1 is 1.22 bits per heavy atom. The molecule has 1 aliphatic carbocycles. The molecule has 3 heteroatoms. The van der Waals surface area contributed by atoms with Crippen molar-refractivity contribution in [3.63, 3.8) is 0 Å². The molecule has 18 heavy (non-hydrogen) atoms. The summed E-state index contributed by atoms with van der Waals surface area (Å²) in [6, 6.07) is 9.29. The first-order valence-corrected chi connectivity index (χ1v) is 7.47. The molecule has 1 aromatic heterocycles. The van der Waals surface area contributed by atoms with Gasteiger partial charge in [-0.1, -0.05) is 13.3 Å². The normalized spacial score (nSPS) is 23.2. The average Bonchev–Trinajstić information content (AvgIpc) is 3.03. The fourth-order valence-corrected chi connectivity index (χ4v) is 3.29. The van der Waals surface area contributed by atoms with Gasteiger partial charge in [-0.2, -0.15) is 0 Å². The zero-order valence-corrected chi connectivity index (χ0v) is 11.4. The number of hydrogen-bond acceptors (Lipinski definition) is 3. The number of nitrogens with zero attached hydrogens (tertiary/aromatic N) is 1. The molecule has 2 unspecified atom stereocenters. The van der Waals surface area contributed by atoms with E-state index in [4.69, 9.17) is 0 Å². The molecule has 2 nitrogen and oxygen atoms in total. The standard InChI is InChI=1S/C15H18N2S/c1-11-3-2-4-14(11)17-13-7-5-12(6-8-13)15-16-9-10-18-15/h5-11,14,17H,2-4H2,1H3. The molecule has 1 saturated carbocycles. The molecule has 1 N–H and O–H groups in total. The number of aromatic nitrogens is 1. The molecule has 1 aliphatic rings. The van der Waals surface area contributed by atoms with Crippen LogP contribution in [0.2, 0.25) is 0 Å². The van der Waals surface area contributed by atoms with Crippen LogP contribution in [0.1, 0.15) is 26.2 Å². The van der Waals surface area contributed by atoms with Gasteiger partial charge in [0.2, 0.25) is 0 Å². The van der Waals surface area contributed by atoms with Gasteiger partial charge in [-0.3, -0.25) is 0 Å². The summed E-state index contributed by atoms with van der Waals surface area (Å²) in [5.41, 5.74) is 2.43. The highest BCUT2D eigenvalue weighted by molar-refractivity contribution is 7.13. The van der Waals surface area contributed by atoms with Crippen LogP contribution in [0.3, 0.4) is 0 Å². The van der Waals surface area contributed by atoms with E-state index in [1.807, 2.05) is 11.6 Å². The number of benzene rings is 1. The molecule has 2 aromatic rings. The maximum Gasteiger partial charge on any atom is 0.123 e. The van der Waals surface area contributed by atoms with Gasteiger partial charge in [0.15, 0.2) is 0 Å². The van der Waals surface area contributed by atoms with E-state index in [1.165, 1.54) is 30.5 Å². The lowest BCUT2D eigenvalue weighted by Crippen LogP contribution is -2.21. The molecule has 0 aliphatic heterocycles. The summed E-state index contributed by atoms with van der Waals surface area (Å²) in [7, 11) is 0. The second kappa shape index (κ2) is 5.11. The lowest BCUT2D eigenvalue weighted by atomic mass is 10.1. The molecule has 0 bridgehead atoms. The molecule has 0 spiro atoms. The molecule has 0 saturated heterocycles. The summed E-state index contributed by atoms with van der Waals surface area (Å²) in [5.74, 6) is 0.795. The predicted molar refractivity (Wildman–Crippen MR) is 78.0 cm³/mol. The van der Waals surface area contributed by atoms with Gasteiger partial charge in [0, 0.05) is 28.9 Å². The second-order valence-corrected chi connectivity index (χ2v) is 5.97. The summed E-state index contributed by atoms with van der Waals surface area (Å²) in [6.45, 7) is 2.34. The SMILES string of the molecule is CC1CCCC1Nc1ccc(-c2nccs2)cc1. The van der Waals surface area contributed by atoms with Crippen molar-refractivity contribution in [1.29, 1.82) is 0 Å². The van der Waals surface area contributed by atoms with E-state index in [9.17, 15) is 0 Å². The maximum atomic E-state index is 4.33. The van der Waals surface area contributed by atoms with Crippen LogP contribution in [0, 0.1) is 5.92 Å². The summed E-state index contributed by atoms with van der Waals surface area (Å²) in [5, 5.41) is 6.76. The van der Waals surface area contributed by atoms with Crippen LogP contribution in [0.4, 0.5) is 5.69 Å². The van der Waals surface area contributed by atoms with Crippen molar-refractivity contribution in [2.24, 2.45) is 5.92 Å². The van der Waals surface area contributed by atoms with Crippen LogP contribution in [0.15, 0.2) is 35.8 Å². The largest absolute Gasteiger partial charge is 0.382 e. The Balaban J connectivity index is 1.71. The van der Waals surface area contributed by atoms with Gasteiger partial charge in [-0.15, -0.1) is 11.3 Å². The van der Waals surface area contributed by atoms with Crippen molar-refractivity contribution in [3.8, 4) is 10.6 Å². The van der Waals surface area contributed by atoms with Crippen molar-refractivity contribution in [1.82, 2.24) is 4.98 Å². The Morgan fingerprint density at radius 2 is 2.06 bits per heavy atom. The van der Waals surface area contributed by atoms with E-state index >= 15 is 0 Å². The van der Waals surface area contributed by atoms with Crippen LogP contribution >= 0.6 is 11.3 Å². The maximum absolute atomic E-state index is 4.33. The molecule has 0 amide bonds. The van der Waals surface area contributed by atoms with Gasteiger partial charge in [-0.05, 0) is 43.0 Å². The number of nitrogens with one attached hydrogen (secondary N) is 1. The minimum atomic E-state index is 0.649. The quantitative estimate of drug-likeness (QED) is 0.882.